The number of aryl methyl sites for hydroxylation is 2. The Labute approximate surface area is 157 Å². The molecule has 140 valence electrons. The second kappa shape index (κ2) is 9.42. The second-order valence-corrected chi connectivity index (χ2v) is 7.25. The van der Waals surface area contributed by atoms with Crippen LogP contribution in [0.5, 0.6) is 5.75 Å². The highest BCUT2D eigenvalue weighted by Crippen LogP contribution is 2.21. The maximum Gasteiger partial charge on any atom is 0.260 e. The van der Waals surface area contributed by atoms with Crippen LogP contribution in [-0.2, 0) is 11.2 Å². The molecule has 3 nitrogen and oxygen atoms in total. The van der Waals surface area contributed by atoms with E-state index in [1.165, 1.54) is 16.7 Å². The number of nitrogens with one attached hydrogen (secondary N) is 1. The molecule has 0 aliphatic carbocycles. The monoisotopic (exact) mass is 353 g/mol. The lowest BCUT2D eigenvalue weighted by molar-refractivity contribution is -0.127. The number of hydrogen-bond acceptors (Lipinski definition) is 2. The van der Waals surface area contributed by atoms with E-state index in [0.717, 1.165) is 24.2 Å². The first-order chi connectivity index (χ1) is 12.4. The summed E-state index contributed by atoms with van der Waals surface area (Å²) in [5, 5.41) is 2.97. The van der Waals surface area contributed by atoms with Gasteiger partial charge in [0.2, 0.25) is 0 Å². The van der Waals surface area contributed by atoms with Crippen molar-refractivity contribution < 1.29 is 9.53 Å². The molecule has 0 saturated carbocycles. The second-order valence-electron chi connectivity index (χ2n) is 7.25. The molecule has 0 spiro atoms. The first-order valence-corrected chi connectivity index (χ1v) is 9.48. The summed E-state index contributed by atoms with van der Waals surface area (Å²) in [7, 11) is 0. The molecular formula is C23H31NO2. The quantitative estimate of drug-likeness (QED) is 0.682. The van der Waals surface area contributed by atoms with E-state index in [1.807, 2.05) is 32.0 Å². The predicted octanol–water partition coefficient (Wildman–Crippen LogP) is 4.94. The molecule has 0 aromatic heterocycles. The fraction of sp³-hybridized carbons (Fsp3) is 0.435. The van der Waals surface area contributed by atoms with Crippen molar-refractivity contribution >= 4 is 5.91 Å². The minimum absolute atomic E-state index is 0.0685. The van der Waals surface area contributed by atoms with Gasteiger partial charge in [0.1, 0.15) is 5.75 Å². The Kier molecular flexibility index (Phi) is 7.26. The Morgan fingerprint density at radius 2 is 1.73 bits per heavy atom. The maximum absolute atomic E-state index is 12.2. The van der Waals surface area contributed by atoms with Crippen LogP contribution in [0.15, 0.2) is 42.5 Å². The third kappa shape index (κ3) is 5.62. The van der Waals surface area contributed by atoms with E-state index in [0.29, 0.717) is 12.5 Å². The molecule has 3 heteroatoms. The Balaban J connectivity index is 1.75. The molecule has 0 aliphatic heterocycles. The van der Waals surface area contributed by atoms with Crippen molar-refractivity contribution in [2.75, 3.05) is 6.54 Å². The van der Waals surface area contributed by atoms with Crippen molar-refractivity contribution in [1.29, 1.82) is 0 Å². The van der Waals surface area contributed by atoms with Crippen molar-refractivity contribution in [3.05, 3.63) is 64.7 Å². The van der Waals surface area contributed by atoms with Crippen LogP contribution in [0.3, 0.4) is 0 Å². The van der Waals surface area contributed by atoms with Crippen molar-refractivity contribution in [1.82, 2.24) is 5.32 Å². The standard InChI is InChI=1S/C23H31NO2/c1-16(2)21-13-11-20(12-14-21)9-7-15-24-23(25)19(5)26-22-10-6-8-17(3)18(22)4/h6,8,10-14,16,19H,7,9,15H2,1-5H3,(H,24,25)/t19-/m0/s1. The van der Waals surface area contributed by atoms with Gasteiger partial charge in [-0.1, -0.05) is 50.2 Å². The van der Waals surface area contributed by atoms with Gasteiger partial charge in [0.05, 0.1) is 0 Å². The van der Waals surface area contributed by atoms with Gasteiger partial charge in [0.25, 0.3) is 5.91 Å². The fourth-order valence-corrected chi connectivity index (χ4v) is 2.81. The van der Waals surface area contributed by atoms with Crippen LogP contribution in [0.2, 0.25) is 0 Å². The number of carbonyl (C=O) groups is 1. The van der Waals surface area contributed by atoms with Gasteiger partial charge in [-0.2, -0.15) is 0 Å². The average Bonchev–Trinajstić information content (AvgIpc) is 2.62. The molecule has 1 amide bonds. The van der Waals surface area contributed by atoms with Gasteiger partial charge in [0.15, 0.2) is 6.10 Å². The molecular weight excluding hydrogens is 322 g/mol. The normalized spacial score (nSPS) is 12.1. The number of hydrogen-bond donors (Lipinski definition) is 1. The lowest BCUT2D eigenvalue weighted by atomic mass is 10.0. The first-order valence-electron chi connectivity index (χ1n) is 9.48. The highest BCUT2D eigenvalue weighted by Gasteiger charge is 2.15. The van der Waals surface area contributed by atoms with Crippen LogP contribution in [0.4, 0.5) is 0 Å². The zero-order valence-corrected chi connectivity index (χ0v) is 16.6. The fourth-order valence-electron chi connectivity index (χ4n) is 2.81. The van der Waals surface area contributed by atoms with Crippen molar-refractivity contribution in [2.45, 2.75) is 59.5 Å². The van der Waals surface area contributed by atoms with Gasteiger partial charge in [-0.3, -0.25) is 4.79 Å². The molecule has 2 aromatic rings. The summed E-state index contributed by atoms with van der Waals surface area (Å²) in [6.45, 7) is 10.9. The Hall–Kier alpha value is -2.29. The van der Waals surface area contributed by atoms with Gasteiger partial charge in [-0.05, 0) is 67.9 Å². The van der Waals surface area contributed by atoms with E-state index in [9.17, 15) is 4.79 Å². The largest absolute Gasteiger partial charge is 0.481 e. The van der Waals surface area contributed by atoms with Gasteiger partial charge in [0, 0.05) is 6.54 Å². The van der Waals surface area contributed by atoms with E-state index in [-0.39, 0.29) is 5.91 Å². The minimum atomic E-state index is -0.499. The molecule has 0 fully saturated rings. The van der Waals surface area contributed by atoms with Crippen LogP contribution >= 0.6 is 0 Å². The molecule has 26 heavy (non-hydrogen) atoms. The maximum atomic E-state index is 12.2. The molecule has 2 aromatic carbocycles. The summed E-state index contributed by atoms with van der Waals surface area (Å²) >= 11 is 0. The number of rotatable bonds is 8. The zero-order valence-electron chi connectivity index (χ0n) is 16.6. The third-order valence-corrected chi connectivity index (χ3v) is 4.82. The number of ether oxygens (including phenoxy) is 1. The summed E-state index contributed by atoms with van der Waals surface area (Å²) in [6, 6.07) is 14.7. The summed E-state index contributed by atoms with van der Waals surface area (Å²) in [5.41, 5.74) is 4.92. The average molecular weight is 354 g/mol. The highest BCUT2D eigenvalue weighted by atomic mass is 16.5. The smallest absolute Gasteiger partial charge is 0.260 e. The van der Waals surface area contributed by atoms with E-state index >= 15 is 0 Å². The Morgan fingerprint density at radius 1 is 1.04 bits per heavy atom. The molecule has 0 unspecified atom stereocenters. The number of benzene rings is 2. The molecule has 2 rings (SSSR count). The van der Waals surface area contributed by atoms with Gasteiger partial charge in [-0.15, -0.1) is 0 Å². The van der Waals surface area contributed by atoms with Gasteiger partial charge < -0.3 is 10.1 Å². The van der Waals surface area contributed by atoms with Crippen LogP contribution in [-0.4, -0.2) is 18.6 Å². The SMILES string of the molecule is Cc1cccc(O[C@@H](C)C(=O)NCCCc2ccc(C(C)C)cc2)c1C. The third-order valence-electron chi connectivity index (χ3n) is 4.82. The predicted molar refractivity (Wildman–Crippen MR) is 108 cm³/mol. The number of carbonyl (C=O) groups excluding carboxylic acids is 1. The van der Waals surface area contributed by atoms with Crippen LogP contribution in [0.25, 0.3) is 0 Å². The summed E-state index contributed by atoms with van der Waals surface area (Å²) in [6.07, 6.45) is 1.38. The molecule has 0 radical (unpaired) electrons. The highest BCUT2D eigenvalue weighted by molar-refractivity contribution is 5.80. The molecule has 1 atom stereocenters. The first kappa shape index (κ1) is 20.0. The number of amides is 1. The Bertz CT molecular complexity index is 719. The van der Waals surface area contributed by atoms with Crippen molar-refractivity contribution in [2.24, 2.45) is 0 Å². The van der Waals surface area contributed by atoms with E-state index in [4.69, 9.17) is 4.74 Å². The van der Waals surface area contributed by atoms with Crippen molar-refractivity contribution in [3.8, 4) is 5.75 Å². The Morgan fingerprint density at radius 3 is 2.38 bits per heavy atom. The molecule has 1 N–H and O–H groups in total. The lowest BCUT2D eigenvalue weighted by Gasteiger charge is -2.17. The topological polar surface area (TPSA) is 38.3 Å². The molecule has 0 saturated heterocycles. The van der Waals surface area contributed by atoms with Crippen LogP contribution in [0.1, 0.15) is 55.4 Å². The summed E-state index contributed by atoms with van der Waals surface area (Å²) < 4.78 is 5.83. The van der Waals surface area contributed by atoms with E-state index < -0.39 is 6.10 Å². The summed E-state index contributed by atoms with van der Waals surface area (Å²) in [5.74, 6) is 1.26. The van der Waals surface area contributed by atoms with Crippen molar-refractivity contribution in [3.63, 3.8) is 0 Å². The molecule has 0 bridgehead atoms. The summed E-state index contributed by atoms with van der Waals surface area (Å²) in [4.78, 5) is 12.2. The lowest BCUT2D eigenvalue weighted by Crippen LogP contribution is -2.37. The van der Waals surface area contributed by atoms with Crippen LogP contribution in [0, 0.1) is 13.8 Å². The molecule has 0 heterocycles. The van der Waals surface area contributed by atoms with E-state index in [1.54, 1.807) is 6.92 Å². The van der Waals surface area contributed by atoms with Crippen LogP contribution < -0.4 is 10.1 Å². The molecule has 0 aliphatic rings. The van der Waals surface area contributed by atoms with Gasteiger partial charge in [-0.25, -0.2) is 0 Å². The van der Waals surface area contributed by atoms with Gasteiger partial charge >= 0.3 is 0 Å². The zero-order chi connectivity index (χ0) is 19.1. The van der Waals surface area contributed by atoms with E-state index in [2.05, 4.69) is 43.4 Å². The minimum Gasteiger partial charge on any atom is -0.481 e.